The van der Waals surface area contributed by atoms with Crippen LogP contribution in [0.4, 0.5) is 5.69 Å². The van der Waals surface area contributed by atoms with Gasteiger partial charge in [0.25, 0.3) is 0 Å². The molecule has 0 bridgehead atoms. The van der Waals surface area contributed by atoms with Gasteiger partial charge in [0.2, 0.25) is 0 Å². The number of aryl methyl sites for hydroxylation is 2. The maximum absolute atomic E-state index is 5.50. The Morgan fingerprint density at radius 1 is 1.20 bits per heavy atom. The summed E-state index contributed by atoms with van der Waals surface area (Å²) in [5.41, 5.74) is 9.59. The highest BCUT2D eigenvalue weighted by atomic mass is 15.1. The van der Waals surface area contributed by atoms with Gasteiger partial charge in [0.15, 0.2) is 0 Å². The lowest BCUT2D eigenvalue weighted by atomic mass is 10.0. The van der Waals surface area contributed by atoms with E-state index in [1.807, 2.05) is 0 Å². The standard InChI is InChI=1S/C13H22N2/c1-11-7-8-12(6-4-5-9-14)13(10-11)15(2)3/h7-8,10H,4-6,9,14H2,1-3H3. The van der Waals surface area contributed by atoms with E-state index >= 15 is 0 Å². The Hall–Kier alpha value is -1.02. The summed E-state index contributed by atoms with van der Waals surface area (Å²) < 4.78 is 0. The van der Waals surface area contributed by atoms with Gasteiger partial charge >= 0.3 is 0 Å². The number of anilines is 1. The van der Waals surface area contributed by atoms with Crippen LogP contribution in [0.1, 0.15) is 24.0 Å². The molecule has 0 aliphatic carbocycles. The molecule has 0 fully saturated rings. The van der Waals surface area contributed by atoms with E-state index in [1.165, 1.54) is 23.2 Å². The highest BCUT2D eigenvalue weighted by Crippen LogP contribution is 2.21. The first-order valence-corrected chi connectivity index (χ1v) is 5.62. The highest BCUT2D eigenvalue weighted by molar-refractivity contribution is 5.54. The van der Waals surface area contributed by atoms with Crippen LogP contribution in [0.5, 0.6) is 0 Å². The Bertz CT molecular complexity index is 305. The van der Waals surface area contributed by atoms with E-state index in [0.717, 1.165) is 19.4 Å². The number of hydrogen-bond donors (Lipinski definition) is 1. The Morgan fingerprint density at radius 3 is 2.53 bits per heavy atom. The van der Waals surface area contributed by atoms with Crippen LogP contribution in [0.2, 0.25) is 0 Å². The maximum Gasteiger partial charge on any atom is 0.0396 e. The van der Waals surface area contributed by atoms with Crippen LogP contribution < -0.4 is 10.6 Å². The first-order chi connectivity index (χ1) is 7.15. The SMILES string of the molecule is Cc1ccc(CCCCN)c(N(C)C)c1. The molecular formula is C13H22N2. The Balaban J connectivity index is 2.77. The van der Waals surface area contributed by atoms with Gasteiger partial charge in [0.1, 0.15) is 0 Å². The van der Waals surface area contributed by atoms with E-state index in [2.05, 4.69) is 44.1 Å². The normalized spacial score (nSPS) is 10.4. The minimum absolute atomic E-state index is 0.795. The zero-order chi connectivity index (χ0) is 11.3. The van der Waals surface area contributed by atoms with E-state index in [-0.39, 0.29) is 0 Å². The molecule has 0 aromatic heterocycles. The average Bonchev–Trinajstić information content (AvgIpc) is 2.20. The van der Waals surface area contributed by atoms with Gasteiger partial charge < -0.3 is 10.6 Å². The summed E-state index contributed by atoms with van der Waals surface area (Å²) in [5.74, 6) is 0. The minimum Gasteiger partial charge on any atom is -0.377 e. The molecule has 0 saturated heterocycles. The van der Waals surface area contributed by atoms with Gasteiger partial charge in [0, 0.05) is 19.8 Å². The molecule has 1 aromatic carbocycles. The van der Waals surface area contributed by atoms with Gasteiger partial charge in [-0.25, -0.2) is 0 Å². The second kappa shape index (κ2) is 5.76. The molecule has 0 spiro atoms. The van der Waals surface area contributed by atoms with Crippen molar-refractivity contribution in [3.63, 3.8) is 0 Å². The van der Waals surface area contributed by atoms with Gasteiger partial charge in [-0.1, -0.05) is 12.1 Å². The quantitative estimate of drug-likeness (QED) is 0.749. The second-order valence-corrected chi connectivity index (χ2v) is 4.27. The molecule has 0 aliphatic rings. The summed E-state index contributed by atoms with van der Waals surface area (Å²) in [7, 11) is 4.20. The molecule has 2 heteroatoms. The monoisotopic (exact) mass is 206 g/mol. The molecule has 0 amide bonds. The molecule has 0 unspecified atom stereocenters. The van der Waals surface area contributed by atoms with E-state index in [4.69, 9.17) is 5.73 Å². The second-order valence-electron chi connectivity index (χ2n) is 4.27. The molecule has 1 aromatic rings. The van der Waals surface area contributed by atoms with Crippen molar-refractivity contribution in [3.8, 4) is 0 Å². The van der Waals surface area contributed by atoms with Crippen LogP contribution in [0.15, 0.2) is 18.2 Å². The van der Waals surface area contributed by atoms with Gasteiger partial charge in [-0.2, -0.15) is 0 Å². The van der Waals surface area contributed by atoms with E-state index in [9.17, 15) is 0 Å². The lowest BCUT2D eigenvalue weighted by molar-refractivity contribution is 0.743. The number of benzene rings is 1. The Kier molecular flexibility index (Phi) is 4.63. The summed E-state index contributed by atoms with van der Waals surface area (Å²) in [4.78, 5) is 2.19. The third-order valence-electron chi connectivity index (χ3n) is 2.62. The molecule has 0 heterocycles. The van der Waals surface area contributed by atoms with Gasteiger partial charge in [-0.15, -0.1) is 0 Å². The molecule has 84 valence electrons. The largest absolute Gasteiger partial charge is 0.377 e. The summed E-state index contributed by atoms with van der Waals surface area (Å²) in [6.45, 7) is 2.93. The number of hydrogen-bond acceptors (Lipinski definition) is 2. The topological polar surface area (TPSA) is 29.3 Å². The number of rotatable bonds is 5. The maximum atomic E-state index is 5.50. The van der Waals surface area contributed by atoms with Crippen LogP contribution >= 0.6 is 0 Å². The molecule has 2 N–H and O–H groups in total. The lowest BCUT2D eigenvalue weighted by Crippen LogP contribution is -2.11. The molecule has 0 radical (unpaired) electrons. The lowest BCUT2D eigenvalue weighted by Gasteiger charge is -2.18. The van der Waals surface area contributed by atoms with Crippen LogP contribution in [0, 0.1) is 6.92 Å². The van der Waals surface area contributed by atoms with Crippen LogP contribution in [0.25, 0.3) is 0 Å². The smallest absolute Gasteiger partial charge is 0.0396 e. The van der Waals surface area contributed by atoms with Gasteiger partial charge in [0.05, 0.1) is 0 Å². The molecular weight excluding hydrogens is 184 g/mol. The number of nitrogens with two attached hydrogens (primary N) is 1. The van der Waals surface area contributed by atoms with Crippen molar-refractivity contribution in [2.75, 3.05) is 25.5 Å². The summed E-state index contributed by atoms with van der Waals surface area (Å²) in [6, 6.07) is 6.67. The number of unbranched alkanes of at least 4 members (excludes halogenated alkanes) is 1. The van der Waals surface area contributed by atoms with Crippen LogP contribution in [-0.4, -0.2) is 20.6 Å². The first-order valence-electron chi connectivity index (χ1n) is 5.62. The van der Waals surface area contributed by atoms with Crippen LogP contribution in [-0.2, 0) is 6.42 Å². The summed E-state index contributed by atoms with van der Waals surface area (Å²) in [5, 5.41) is 0. The fourth-order valence-corrected chi connectivity index (χ4v) is 1.76. The first kappa shape index (κ1) is 12.1. The fourth-order valence-electron chi connectivity index (χ4n) is 1.76. The number of nitrogens with zero attached hydrogens (tertiary/aromatic N) is 1. The Labute approximate surface area is 93.1 Å². The van der Waals surface area contributed by atoms with Crippen molar-refractivity contribution in [3.05, 3.63) is 29.3 Å². The predicted molar refractivity (Wildman–Crippen MR) is 67.5 cm³/mol. The van der Waals surface area contributed by atoms with Crippen LogP contribution in [0.3, 0.4) is 0 Å². The molecule has 0 saturated carbocycles. The minimum atomic E-state index is 0.795. The Morgan fingerprint density at radius 2 is 1.93 bits per heavy atom. The van der Waals surface area contributed by atoms with Crippen molar-refractivity contribution in [2.45, 2.75) is 26.2 Å². The molecule has 0 atom stereocenters. The van der Waals surface area contributed by atoms with Gasteiger partial charge in [-0.05, 0) is 49.9 Å². The molecule has 2 nitrogen and oxygen atoms in total. The van der Waals surface area contributed by atoms with Gasteiger partial charge in [-0.3, -0.25) is 0 Å². The molecule has 15 heavy (non-hydrogen) atoms. The van der Waals surface area contributed by atoms with E-state index < -0.39 is 0 Å². The van der Waals surface area contributed by atoms with Crippen molar-refractivity contribution in [2.24, 2.45) is 5.73 Å². The van der Waals surface area contributed by atoms with Crippen molar-refractivity contribution in [1.29, 1.82) is 0 Å². The van der Waals surface area contributed by atoms with Crippen molar-refractivity contribution in [1.82, 2.24) is 0 Å². The average molecular weight is 206 g/mol. The summed E-state index contributed by atoms with van der Waals surface area (Å²) in [6.07, 6.45) is 3.42. The molecule has 1 rings (SSSR count). The van der Waals surface area contributed by atoms with Crippen molar-refractivity contribution < 1.29 is 0 Å². The fraction of sp³-hybridized carbons (Fsp3) is 0.538. The third-order valence-corrected chi connectivity index (χ3v) is 2.62. The summed E-state index contributed by atoms with van der Waals surface area (Å²) >= 11 is 0. The molecule has 0 aliphatic heterocycles. The van der Waals surface area contributed by atoms with E-state index in [1.54, 1.807) is 0 Å². The predicted octanol–water partition coefficient (Wildman–Crippen LogP) is 2.34. The van der Waals surface area contributed by atoms with E-state index in [0.29, 0.717) is 0 Å². The third kappa shape index (κ3) is 3.56. The zero-order valence-corrected chi connectivity index (χ0v) is 10.1. The zero-order valence-electron chi connectivity index (χ0n) is 10.1. The highest BCUT2D eigenvalue weighted by Gasteiger charge is 2.04. The van der Waals surface area contributed by atoms with Crippen molar-refractivity contribution >= 4 is 5.69 Å².